The molecule has 0 aliphatic carbocycles. The third-order valence-corrected chi connectivity index (χ3v) is 4.80. The Kier molecular flexibility index (Phi) is 6.68. The van der Waals surface area contributed by atoms with Crippen LogP contribution in [0.5, 0.6) is 11.5 Å². The summed E-state index contributed by atoms with van der Waals surface area (Å²) in [6.07, 6.45) is -0.543. The molecular weight excluding hydrogens is 344 g/mol. The lowest BCUT2D eigenvalue weighted by Crippen LogP contribution is -3.16. The summed E-state index contributed by atoms with van der Waals surface area (Å²) in [5, 5.41) is 10.3. The normalized spacial score (nSPS) is 16.0. The second-order valence-corrected chi connectivity index (χ2v) is 6.75. The van der Waals surface area contributed by atoms with Gasteiger partial charge in [-0.3, -0.25) is 4.79 Å². The van der Waals surface area contributed by atoms with E-state index in [2.05, 4.69) is 0 Å². The second-order valence-electron chi connectivity index (χ2n) is 6.75. The summed E-state index contributed by atoms with van der Waals surface area (Å²) in [5.41, 5.74) is 0.730. The van der Waals surface area contributed by atoms with Crippen LogP contribution in [0.1, 0.15) is 10.4 Å². The number of ether oxygens (including phenoxy) is 2. The summed E-state index contributed by atoms with van der Waals surface area (Å²) in [6, 6.07) is 16.7. The van der Waals surface area contributed by atoms with Crippen molar-refractivity contribution in [3.8, 4) is 11.5 Å². The van der Waals surface area contributed by atoms with Crippen LogP contribution in [0.25, 0.3) is 0 Å². The van der Waals surface area contributed by atoms with E-state index < -0.39 is 6.10 Å². The van der Waals surface area contributed by atoms with E-state index in [1.165, 1.54) is 4.90 Å². The van der Waals surface area contributed by atoms with E-state index in [1.807, 2.05) is 59.5 Å². The summed E-state index contributed by atoms with van der Waals surface area (Å²) >= 11 is 0. The zero-order chi connectivity index (χ0) is 19.1. The van der Waals surface area contributed by atoms with Crippen LogP contribution in [-0.2, 0) is 0 Å². The van der Waals surface area contributed by atoms with Gasteiger partial charge >= 0.3 is 0 Å². The Labute approximate surface area is 159 Å². The first-order valence-electron chi connectivity index (χ1n) is 9.28. The highest BCUT2D eigenvalue weighted by molar-refractivity contribution is 5.94. The molecule has 1 aliphatic rings. The van der Waals surface area contributed by atoms with Crippen LogP contribution in [0.3, 0.4) is 0 Å². The first-order chi connectivity index (χ1) is 13.2. The van der Waals surface area contributed by atoms with Gasteiger partial charge in [-0.15, -0.1) is 0 Å². The Morgan fingerprint density at radius 2 is 1.70 bits per heavy atom. The topological polar surface area (TPSA) is 63.4 Å². The van der Waals surface area contributed by atoms with Gasteiger partial charge in [0, 0.05) is 5.56 Å². The minimum Gasteiger partial charge on any atom is -0.497 e. The molecule has 6 nitrogen and oxygen atoms in total. The third-order valence-electron chi connectivity index (χ3n) is 4.80. The van der Waals surface area contributed by atoms with Gasteiger partial charge in [-0.1, -0.05) is 18.2 Å². The van der Waals surface area contributed by atoms with Crippen LogP contribution in [0.2, 0.25) is 0 Å². The molecule has 3 rings (SSSR count). The summed E-state index contributed by atoms with van der Waals surface area (Å²) in [5.74, 6) is 1.57. The molecule has 2 N–H and O–H groups in total. The van der Waals surface area contributed by atoms with Gasteiger partial charge in [0.15, 0.2) is 0 Å². The van der Waals surface area contributed by atoms with E-state index in [9.17, 15) is 9.90 Å². The standard InChI is InChI=1S/C21H26N2O4/c1-26-19-7-9-20(10-8-19)27-16-18(24)15-22-11-13-23(14-12-22)21(25)17-5-3-2-4-6-17/h2-10,18,24H,11-16H2,1H3/p+1/t18-/m1/s1. The van der Waals surface area contributed by atoms with Crippen molar-refractivity contribution in [1.29, 1.82) is 0 Å². The molecule has 1 fully saturated rings. The maximum Gasteiger partial charge on any atom is 0.254 e. The molecule has 0 bridgehead atoms. The number of piperazine rings is 1. The number of nitrogens with zero attached hydrogens (tertiary/aromatic N) is 1. The van der Waals surface area contributed by atoms with Crippen molar-refractivity contribution >= 4 is 5.91 Å². The van der Waals surface area contributed by atoms with E-state index in [0.29, 0.717) is 25.4 Å². The van der Waals surface area contributed by atoms with E-state index in [-0.39, 0.29) is 12.5 Å². The number of quaternary nitrogens is 1. The first-order valence-corrected chi connectivity index (χ1v) is 9.28. The quantitative estimate of drug-likeness (QED) is 0.743. The number of carbonyl (C=O) groups is 1. The highest BCUT2D eigenvalue weighted by atomic mass is 16.5. The predicted molar refractivity (Wildman–Crippen MR) is 102 cm³/mol. The summed E-state index contributed by atoms with van der Waals surface area (Å²) in [4.78, 5) is 15.6. The average molecular weight is 371 g/mol. The van der Waals surface area contributed by atoms with Crippen LogP contribution in [0.4, 0.5) is 0 Å². The van der Waals surface area contributed by atoms with Crippen LogP contribution < -0.4 is 14.4 Å². The molecule has 0 aromatic heterocycles. The Hall–Kier alpha value is -2.57. The average Bonchev–Trinajstić information content (AvgIpc) is 2.73. The number of benzene rings is 2. The molecule has 1 amide bonds. The fourth-order valence-electron chi connectivity index (χ4n) is 3.25. The Bertz CT molecular complexity index is 713. The zero-order valence-electron chi connectivity index (χ0n) is 15.6. The number of aliphatic hydroxyl groups excluding tert-OH is 1. The van der Waals surface area contributed by atoms with E-state index in [1.54, 1.807) is 7.11 Å². The monoisotopic (exact) mass is 371 g/mol. The molecule has 1 atom stereocenters. The lowest BCUT2D eigenvalue weighted by molar-refractivity contribution is -0.907. The molecule has 2 aromatic carbocycles. The molecule has 1 saturated heterocycles. The molecule has 6 heteroatoms. The van der Waals surface area contributed by atoms with Crippen LogP contribution in [0, 0.1) is 0 Å². The maximum atomic E-state index is 12.5. The molecule has 0 radical (unpaired) electrons. The van der Waals surface area contributed by atoms with Crippen molar-refractivity contribution in [2.75, 3.05) is 46.4 Å². The van der Waals surface area contributed by atoms with Crippen molar-refractivity contribution in [2.45, 2.75) is 6.10 Å². The van der Waals surface area contributed by atoms with Crippen molar-refractivity contribution in [1.82, 2.24) is 4.90 Å². The lowest BCUT2D eigenvalue weighted by atomic mass is 10.2. The highest BCUT2D eigenvalue weighted by Gasteiger charge is 2.26. The largest absolute Gasteiger partial charge is 0.497 e. The number of rotatable bonds is 7. The smallest absolute Gasteiger partial charge is 0.254 e. The molecule has 144 valence electrons. The van der Waals surface area contributed by atoms with Gasteiger partial charge in [0.25, 0.3) is 5.91 Å². The maximum absolute atomic E-state index is 12.5. The van der Waals surface area contributed by atoms with Gasteiger partial charge in [0.05, 0.1) is 33.3 Å². The number of aliphatic hydroxyl groups is 1. The van der Waals surface area contributed by atoms with Gasteiger partial charge < -0.3 is 24.4 Å². The number of hydrogen-bond acceptors (Lipinski definition) is 4. The lowest BCUT2D eigenvalue weighted by Gasteiger charge is -2.33. The van der Waals surface area contributed by atoms with Gasteiger partial charge in [-0.05, 0) is 36.4 Å². The van der Waals surface area contributed by atoms with Crippen LogP contribution in [0.15, 0.2) is 54.6 Å². The Balaban J connectivity index is 1.40. The number of hydrogen-bond donors (Lipinski definition) is 2. The Morgan fingerprint density at radius 3 is 2.33 bits per heavy atom. The van der Waals surface area contributed by atoms with E-state index >= 15 is 0 Å². The molecule has 0 unspecified atom stereocenters. The first kappa shape index (κ1) is 19.2. The van der Waals surface area contributed by atoms with Crippen molar-refractivity contribution < 1.29 is 24.3 Å². The molecular formula is C21H27N2O4+. The minimum absolute atomic E-state index is 0.0815. The van der Waals surface area contributed by atoms with Gasteiger partial charge in [-0.2, -0.15) is 0 Å². The molecule has 1 aliphatic heterocycles. The molecule has 0 spiro atoms. The van der Waals surface area contributed by atoms with Crippen molar-refractivity contribution in [3.63, 3.8) is 0 Å². The molecule has 27 heavy (non-hydrogen) atoms. The van der Waals surface area contributed by atoms with Crippen molar-refractivity contribution in [2.24, 2.45) is 0 Å². The minimum atomic E-state index is -0.543. The fraction of sp³-hybridized carbons (Fsp3) is 0.381. The van der Waals surface area contributed by atoms with E-state index in [4.69, 9.17) is 9.47 Å². The summed E-state index contributed by atoms with van der Waals surface area (Å²) in [7, 11) is 1.62. The third kappa shape index (κ3) is 5.45. The second kappa shape index (κ2) is 9.39. The summed E-state index contributed by atoms with van der Waals surface area (Å²) < 4.78 is 10.8. The van der Waals surface area contributed by atoms with Gasteiger partial charge in [-0.25, -0.2) is 0 Å². The van der Waals surface area contributed by atoms with Gasteiger partial charge in [0.2, 0.25) is 0 Å². The van der Waals surface area contributed by atoms with Crippen LogP contribution >= 0.6 is 0 Å². The SMILES string of the molecule is COc1ccc(OC[C@H](O)C[NH+]2CCN(C(=O)c3ccccc3)CC2)cc1. The van der Waals surface area contributed by atoms with Crippen molar-refractivity contribution in [3.05, 3.63) is 60.2 Å². The summed E-state index contributed by atoms with van der Waals surface area (Å²) in [6.45, 7) is 3.94. The fourth-order valence-corrected chi connectivity index (χ4v) is 3.25. The Morgan fingerprint density at radius 1 is 1.07 bits per heavy atom. The zero-order valence-corrected chi connectivity index (χ0v) is 15.6. The molecule has 1 heterocycles. The van der Waals surface area contributed by atoms with Gasteiger partial charge in [0.1, 0.15) is 30.8 Å². The molecule has 0 saturated carbocycles. The number of nitrogens with one attached hydrogen (secondary N) is 1. The molecule has 2 aromatic rings. The van der Waals surface area contributed by atoms with E-state index in [0.717, 1.165) is 24.4 Å². The number of amides is 1. The number of carbonyl (C=O) groups excluding carboxylic acids is 1. The number of methoxy groups -OCH3 is 1. The predicted octanol–water partition coefficient (Wildman–Crippen LogP) is 0.476. The highest BCUT2D eigenvalue weighted by Crippen LogP contribution is 2.17. The van der Waals surface area contributed by atoms with Crippen LogP contribution in [-0.4, -0.2) is 68.5 Å².